The molecule has 0 aromatic carbocycles. The van der Waals surface area contributed by atoms with Gasteiger partial charge in [-0.1, -0.05) is 0 Å². The highest BCUT2D eigenvalue weighted by molar-refractivity contribution is 6.26. The maximum atomic E-state index is 12.0. The number of halogens is 1. The molecule has 0 fully saturated rings. The fourth-order valence-electron chi connectivity index (χ4n) is 2.93. The molecule has 2 aliphatic rings. The molecule has 0 saturated heterocycles. The highest BCUT2D eigenvalue weighted by Gasteiger charge is 2.47. The molecule has 0 aromatic heterocycles. The van der Waals surface area contributed by atoms with Crippen molar-refractivity contribution in [2.45, 2.75) is 48.1 Å². The smallest absolute Gasteiger partial charge is 0.336 e. The third-order valence-electron chi connectivity index (χ3n) is 4.44. The molecule has 0 aromatic rings. The maximum absolute atomic E-state index is 12.0. The second-order valence-electron chi connectivity index (χ2n) is 6.10. The van der Waals surface area contributed by atoms with Crippen LogP contribution in [0.2, 0.25) is 0 Å². The molecule has 152 valence electrons. The van der Waals surface area contributed by atoms with Gasteiger partial charge in [-0.2, -0.15) is 0 Å². The average molecular weight is 409 g/mol. The summed E-state index contributed by atoms with van der Waals surface area (Å²) in [5.41, 5.74) is -0.501. The number of alkyl halides is 1. The minimum atomic E-state index is -1.78. The third-order valence-corrected chi connectivity index (χ3v) is 4.92. The Bertz CT molecular complexity index is 647. The predicted molar refractivity (Wildman–Crippen MR) is 88.5 cm³/mol. The van der Waals surface area contributed by atoms with E-state index in [0.717, 1.165) is 26.4 Å². The van der Waals surface area contributed by atoms with Gasteiger partial charge in [-0.15, -0.1) is 11.6 Å². The molecule has 27 heavy (non-hydrogen) atoms. The van der Waals surface area contributed by atoms with E-state index < -0.39 is 60.0 Å². The van der Waals surface area contributed by atoms with Crippen molar-refractivity contribution in [3.05, 3.63) is 23.3 Å². The number of aliphatic hydroxyl groups excluding tert-OH is 5. The molecular weight excluding hydrogens is 388 g/mol. The number of hydrogen-bond acceptors (Lipinski definition) is 10. The molecule has 10 nitrogen and oxygen atoms in total. The van der Waals surface area contributed by atoms with Crippen molar-refractivity contribution in [1.29, 1.82) is 0 Å². The second-order valence-corrected chi connectivity index (χ2v) is 6.57. The molecule has 0 radical (unpaired) electrons. The lowest BCUT2D eigenvalue weighted by Gasteiger charge is -2.40. The van der Waals surface area contributed by atoms with Gasteiger partial charge in [0.25, 0.3) is 0 Å². The summed E-state index contributed by atoms with van der Waals surface area (Å²) in [5, 5.41) is 48.7. The molecule has 8 atom stereocenters. The van der Waals surface area contributed by atoms with Gasteiger partial charge in [0, 0.05) is 0 Å². The maximum Gasteiger partial charge on any atom is 0.336 e. The number of esters is 2. The molecular formula is C16H21ClO10. The predicted octanol–water partition coefficient (Wildman–Crippen LogP) is -2.62. The van der Waals surface area contributed by atoms with Crippen LogP contribution in [0.4, 0.5) is 0 Å². The highest BCUT2D eigenvalue weighted by Crippen LogP contribution is 2.33. The van der Waals surface area contributed by atoms with Gasteiger partial charge < -0.3 is 39.7 Å². The van der Waals surface area contributed by atoms with Crippen LogP contribution in [-0.4, -0.2) is 99.8 Å². The van der Waals surface area contributed by atoms with E-state index in [1.807, 2.05) is 0 Å². The summed E-state index contributed by atoms with van der Waals surface area (Å²) in [6, 6.07) is 0. The zero-order valence-electron chi connectivity index (χ0n) is 14.4. The normalized spacial score (nSPS) is 39.3. The number of carbonyl (C=O) groups excluding carboxylic acids is 2. The Morgan fingerprint density at radius 1 is 0.852 bits per heavy atom. The van der Waals surface area contributed by atoms with Crippen molar-refractivity contribution < 1.29 is 49.3 Å². The lowest BCUT2D eigenvalue weighted by atomic mass is 9.87. The van der Waals surface area contributed by atoms with Crippen molar-refractivity contribution in [1.82, 2.24) is 0 Å². The van der Waals surface area contributed by atoms with E-state index in [2.05, 4.69) is 9.47 Å². The first-order valence-corrected chi connectivity index (χ1v) is 8.37. The molecule has 0 amide bonds. The first kappa shape index (κ1) is 21.8. The number of aliphatic hydroxyl groups is 5. The Hall–Kier alpha value is -1.53. The summed E-state index contributed by atoms with van der Waals surface area (Å²) >= 11 is 6.18. The molecule has 0 unspecified atom stereocenters. The largest absolute Gasteiger partial charge is 0.466 e. The number of methoxy groups -OCH3 is 2. The topological polar surface area (TPSA) is 163 Å². The summed E-state index contributed by atoms with van der Waals surface area (Å²) < 4.78 is 14.7. The van der Waals surface area contributed by atoms with Gasteiger partial charge in [0.15, 0.2) is 0 Å². The van der Waals surface area contributed by atoms with Gasteiger partial charge in [-0.05, 0) is 12.2 Å². The Morgan fingerprint density at radius 2 is 1.33 bits per heavy atom. The number of ether oxygens (including phenoxy) is 3. The number of rotatable bonds is 4. The van der Waals surface area contributed by atoms with Crippen LogP contribution < -0.4 is 0 Å². The fraction of sp³-hybridized carbons (Fsp3) is 0.625. The SMILES string of the molecule is COC(=O)C1=C[C@@H](O)[C@@H](O)[C@@H](O[C@@H]2C(C(=O)OC)=C[C@H](O)[C@H](O)[C@@H]2O)[C@@H]1Cl. The minimum Gasteiger partial charge on any atom is -0.466 e. The van der Waals surface area contributed by atoms with Gasteiger partial charge in [0.2, 0.25) is 0 Å². The lowest BCUT2D eigenvalue weighted by Crippen LogP contribution is -2.56. The summed E-state index contributed by atoms with van der Waals surface area (Å²) in [6.07, 6.45) is -9.25. The highest BCUT2D eigenvalue weighted by atomic mass is 35.5. The first-order chi connectivity index (χ1) is 12.6. The summed E-state index contributed by atoms with van der Waals surface area (Å²) in [6.45, 7) is 0. The van der Waals surface area contributed by atoms with Gasteiger partial charge in [0.1, 0.15) is 42.7 Å². The first-order valence-electron chi connectivity index (χ1n) is 7.93. The van der Waals surface area contributed by atoms with Gasteiger partial charge in [0.05, 0.1) is 30.7 Å². The van der Waals surface area contributed by atoms with E-state index in [1.165, 1.54) is 0 Å². The van der Waals surface area contributed by atoms with Crippen LogP contribution in [0.25, 0.3) is 0 Å². The number of carbonyl (C=O) groups is 2. The van der Waals surface area contributed by atoms with Crippen molar-refractivity contribution in [2.75, 3.05) is 14.2 Å². The zero-order valence-corrected chi connectivity index (χ0v) is 15.2. The van der Waals surface area contributed by atoms with Crippen LogP contribution in [0.1, 0.15) is 0 Å². The Labute approximate surface area is 159 Å². The summed E-state index contributed by atoms with van der Waals surface area (Å²) in [5.74, 6) is -1.82. The lowest BCUT2D eigenvalue weighted by molar-refractivity contribution is -0.167. The van der Waals surface area contributed by atoms with Crippen LogP contribution in [0.3, 0.4) is 0 Å². The monoisotopic (exact) mass is 408 g/mol. The summed E-state index contributed by atoms with van der Waals surface area (Å²) in [7, 11) is 2.16. The van der Waals surface area contributed by atoms with Crippen molar-refractivity contribution in [3.8, 4) is 0 Å². The van der Waals surface area contributed by atoms with Crippen LogP contribution in [0, 0.1) is 0 Å². The standard InChI is InChI=1S/C16H21ClO10/c1-25-15(23)5-3-8(19)11(21)14(9(5)17)27-13-6(16(24)26-2)4-7(18)10(20)12(13)22/h3-4,7-14,18-22H,1-2H3/t7-,8+,9+,10-,11+,12-,13+,14-/m0/s1. The van der Waals surface area contributed by atoms with Crippen LogP contribution in [0.15, 0.2) is 23.3 Å². The average Bonchev–Trinajstić information content (AvgIpc) is 2.66. The minimum absolute atomic E-state index is 0.184. The fourth-order valence-corrected chi connectivity index (χ4v) is 3.30. The van der Waals surface area contributed by atoms with Crippen molar-refractivity contribution >= 4 is 23.5 Å². The molecule has 2 aliphatic carbocycles. The van der Waals surface area contributed by atoms with E-state index in [4.69, 9.17) is 16.3 Å². The quantitative estimate of drug-likeness (QED) is 0.246. The van der Waals surface area contributed by atoms with E-state index in [-0.39, 0.29) is 11.1 Å². The number of hydrogen-bond donors (Lipinski definition) is 5. The Kier molecular flexibility index (Phi) is 6.98. The zero-order chi connectivity index (χ0) is 20.5. The van der Waals surface area contributed by atoms with E-state index >= 15 is 0 Å². The molecule has 0 heterocycles. The molecule has 0 saturated carbocycles. The van der Waals surface area contributed by atoms with Crippen molar-refractivity contribution in [3.63, 3.8) is 0 Å². The van der Waals surface area contributed by atoms with E-state index in [0.29, 0.717) is 0 Å². The van der Waals surface area contributed by atoms with Crippen LogP contribution >= 0.6 is 11.6 Å². The second kappa shape index (κ2) is 8.65. The van der Waals surface area contributed by atoms with Gasteiger partial charge in [-0.3, -0.25) is 0 Å². The van der Waals surface area contributed by atoms with Crippen LogP contribution in [-0.2, 0) is 23.8 Å². The van der Waals surface area contributed by atoms with Crippen LogP contribution in [0.5, 0.6) is 0 Å². The van der Waals surface area contributed by atoms with Gasteiger partial charge in [-0.25, -0.2) is 9.59 Å². The molecule has 2 rings (SSSR count). The van der Waals surface area contributed by atoms with E-state index in [9.17, 15) is 35.1 Å². The third kappa shape index (κ3) is 4.16. The molecule has 0 aliphatic heterocycles. The molecule has 11 heteroatoms. The Balaban J connectivity index is 2.36. The van der Waals surface area contributed by atoms with E-state index in [1.54, 1.807) is 0 Å². The van der Waals surface area contributed by atoms with Gasteiger partial charge >= 0.3 is 11.9 Å². The van der Waals surface area contributed by atoms with Crippen molar-refractivity contribution in [2.24, 2.45) is 0 Å². The molecule has 0 bridgehead atoms. The summed E-state index contributed by atoms with van der Waals surface area (Å²) in [4.78, 5) is 23.8. The molecule has 5 N–H and O–H groups in total. The Morgan fingerprint density at radius 3 is 1.89 bits per heavy atom. The molecule has 0 spiro atoms.